The largest absolute Gasteiger partial charge is 0.397 e. The molecule has 0 fully saturated rings. The minimum Gasteiger partial charge on any atom is -0.397 e. The number of nitrogen functional groups attached to an aromatic ring is 1. The van der Waals surface area contributed by atoms with Crippen molar-refractivity contribution in [2.75, 3.05) is 24.7 Å². The van der Waals surface area contributed by atoms with Crippen LogP contribution in [0, 0.1) is 0 Å². The summed E-state index contributed by atoms with van der Waals surface area (Å²) in [6.45, 7) is 0. The fourth-order valence-electron chi connectivity index (χ4n) is 0.913. The minimum atomic E-state index is -0.539. The highest BCUT2D eigenvalue weighted by Crippen LogP contribution is 2.15. The summed E-state index contributed by atoms with van der Waals surface area (Å²) in [5.41, 5.74) is 11.2. The third-order valence-corrected chi connectivity index (χ3v) is 1.64. The van der Waals surface area contributed by atoms with E-state index >= 15 is 0 Å². The number of nitrogens with zero attached hydrogens (tertiary/aromatic N) is 2. The summed E-state index contributed by atoms with van der Waals surface area (Å²) in [6.07, 6.45) is 1.43. The molecule has 5 nitrogen and oxygen atoms in total. The van der Waals surface area contributed by atoms with Crippen LogP contribution in [-0.4, -0.2) is 25.0 Å². The van der Waals surface area contributed by atoms with Crippen LogP contribution in [0.4, 0.5) is 11.5 Å². The van der Waals surface area contributed by atoms with Gasteiger partial charge < -0.3 is 16.4 Å². The summed E-state index contributed by atoms with van der Waals surface area (Å²) in [4.78, 5) is 16.7. The molecule has 1 aromatic heterocycles. The molecule has 0 radical (unpaired) electrons. The van der Waals surface area contributed by atoms with Gasteiger partial charge in [-0.2, -0.15) is 0 Å². The summed E-state index contributed by atoms with van der Waals surface area (Å²) in [6, 6.07) is 1.57. The maximum Gasteiger partial charge on any atom is 0.250 e. The number of anilines is 2. The minimum absolute atomic E-state index is 0.304. The highest BCUT2D eigenvalue weighted by atomic mass is 16.1. The van der Waals surface area contributed by atoms with Gasteiger partial charge in [0.1, 0.15) is 5.82 Å². The van der Waals surface area contributed by atoms with Crippen LogP contribution in [0.5, 0.6) is 0 Å². The van der Waals surface area contributed by atoms with Crippen LogP contribution in [0.1, 0.15) is 10.4 Å². The van der Waals surface area contributed by atoms with E-state index in [1.807, 2.05) is 14.1 Å². The van der Waals surface area contributed by atoms with E-state index in [1.165, 1.54) is 6.20 Å². The third-order valence-electron chi connectivity index (χ3n) is 1.64. The highest BCUT2D eigenvalue weighted by molar-refractivity contribution is 5.98. The van der Waals surface area contributed by atoms with Crippen molar-refractivity contribution in [3.63, 3.8) is 0 Å². The Hall–Kier alpha value is -1.78. The first-order valence-electron chi connectivity index (χ1n) is 3.75. The normalized spacial score (nSPS) is 9.69. The second kappa shape index (κ2) is 3.30. The molecule has 1 amide bonds. The molecule has 4 N–H and O–H groups in total. The van der Waals surface area contributed by atoms with E-state index in [0.717, 1.165) is 0 Å². The number of carbonyl (C=O) groups is 1. The lowest BCUT2D eigenvalue weighted by Crippen LogP contribution is -2.17. The van der Waals surface area contributed by atoms with Gasteiger partial charge in [-0.1, -0.05) is 0 Å². The zero-order valence-corrected chi connectivity index (χ0v) is 7.61. The lowest BCUT2D eigenvalue weighted by Gasteiger charge is -2.12. The van der Waals surface area contributed by atoms with Crippen molar-refractivity contribution < 1.29 is 4.79 Å². The lowest BCUT2D eigenvalue weighted by atomic mass is 10.2. The molecule has 1 rings (SSSR count). The van der Waals surface area contributed by atoms with Crippen LogP contribution in [0.15, 0.2) is 12.3 Å². The van der Waals surface area contributed by atoms with Gasteiger partial charge in [0.15, 0.2) is 0 Å². The van der Waals surface area contributed by atoms with Crippen molar-refractivity contribution in [3.8, 4) is 0 Å². The Morgan fingerprint density at radius 3 is 2.62 bits per heavy atom. The van der Waals surface area contributed by atoms with E-state index in [1.54, 1.807) is 11.0 Å². The molecular weight excluding hydrogens is 168 g/mol. The molecule has 0 atom stereocenters. The summed E-state index contributed by atoms with van der Waals surface area (Å²) >= 11 is 0. The first kappa shape index (κ1) is 9.31. The van der Waals surface area contributed by atoms with Gasteiger partial charge >= 0.3 is 0 Å². The van der Waals surface area contributed by atoms with Gasteiger partial charge in [0.2, 0.25) is 0 Å². The predicted octanol–water partition coefficient (Wildman–Crippen LogP) is -0.171. The van der Waals surface area contributed by atoms with Crippen molar-refractivity contribution in [1.29, 1.82) is 0 Å². The Morgan fingerprint density at radius 2 is 2.15 bits per heavy atom. The predicted molar refractivity (Wildman–Crippen MR) is 51.5 cm³/mol. The van der Waals surface area contributed by atoms with Gasteiger partial charge in [0.25, 0.3) is 5.91 Å². The number of rotatable bonds is 2. The quantitative estimate of drug-likeness (QED) is 0.661. The molecule has 1 heterocycles. The molecule has 0 saturated heterocycles. The average Bonchev–Trinajstić information content (AvgIpc) is 2.04. The van der Waals surface area contributed by atoms with Gasteiger partial charge in [-0.05, 0) is 6.07 Å². The van der Waals surface area contributed by atoms with Crippen LogP contribution < -0.4 is 16.4 Å². The first-order valence-corrected chi connectivity index (χ1v) is 3.75. The molecule has 1 aromatic rings. The number of hydrogen-bond donors (Lipinski definition) is 2. The molecule has 0 aliphatic heterocycles. The third kappa shape index (κ3) is 1.87. The van der Waals surface area contributed by atoms with Gasteiger partial charge in [0.05, 0.1) is 17.4 Å². The zero-order chi connectivity index (χ0) is 10.0. The van der Waals surface area contributed by atoms with Crippen LogP contribution in [0.2, 0.25) is 0 Å². The number of aromatic nitrogens is 1. The number of hydrogen-bond acceptors (Lipinski definition) is 4. The smallest absolute Gasteiger partial charge is 0.250 e. The van der Waals surface area contributed by atoms with Gasteiger partial charge in [-0.15, -0.1) is 0 Å². The lowest BCUT2D eigenvalue weighted by molar-refractivity contribution is 0.100. The Kier molecular flexibility index (Phi) is 2.36. The van der Waals surface area contributed by atoms with Crippen LogP contribution in [0.3, 0.4) is 0 Å². The molecule has 0 spiro atoms. The molecule has 0 unspecified atom stereocenters. The number of primary amides is 1. The Morgan fingerprint density at radius 1 is 1.54 bits per heavy atom. The van der Waals surface area contributed by atoms with Crippen LogP contribution in [0.25, 0.3) is 0 Å². The SMILES string of the molecule is CN(C)c1cc(C(N)=O)c(N)cn1. The number of nitrogens with two attached hydrogens (primary N) is 2. The van der Waals surface area contributed by atoms with E-state index in [2.05, 4.69) is 4.98 Å². The molecule has 0 aliphatic rings. The summed E-state index contributed by atoms with van der Waals surface area (Å²) in [5.74, 6) is 0.117. The highest BCUT2D eigenvalue weighted by Gasteiger charge is 2.08. The van der Waals surface area contributed by atoms with Crippen molar-refractivity contribution in [2.45, 2.75) is 0 Å². The van der Waals surface area contributed by atoms with Crippen molar-refractivity contribution in [1.82, 2.24) is 4.98 Å². The van der Waals surface area contributed by atoms with Crippen molar-refractivity contribution in [2.24, 2.45) is 5.73 Å². The fourth-order valence-corrected chi connectivity index (χ4v) is 0.913. The number of carbonyl (C=O) groups excluding carboxylic acids is 1. The summed E-state index contributed by atoms with van der Waals surface area (Å²) in [5, 5.41) is 0. The first-order chi connectivity index (χ1) is 6.02. The number of pyridine rings is 1. The van der Waals surface area contributed by atoms with Crippen molar-refractivity contribution >= 4 is 17.4 Å². The van der Waals surface area contributed by atoms with E-state index in [9.17, 15) is 4.79 Å². The van der Waals surface area contributed by atoms with E-state index in [4.69, 9.17) is 11.5 Å². The van der Waals surface area contributed by atoms with E-state index in [-0.39, 0.29) is 0 Å². The van der Waals surface area contributed by atoms with Gasteiger partial charge in [-0.3, -0.25) is 4.79 Å². The number of amides is 1. The van der Waals surface area contributed by atoms with Gasteiger partial charge in [-0.25, -0.2) is 4.98 Å². The molecule has 70 valence electrons. The fraction of sp³-hybridized carbons (Fsp3) is 0.250. The Labute approximate surface area is 76.3 Å². The zero-order valence-electron chi connectivity index (χ0n) is 7.61. The maximum absolute atomic E-state index is 10.9. The standard InChI is InChI=1S/C8H12N4O/c1-12(2)7-3-5(8(10)13)6(9)4-11-7/h3-4H,9H2,1-2H3,(H2,10,13). The molecule has 0 bridgehead atoms. The van der Waals surface area contributed by atoms with Crippen LogP contribution in [-0.2, 0) is 0 Å². The van der Waals surface area contributed by atoms with Gasteiger partial charge in [0, 0.05) is 14.1 Å². The molecule has 13 heavy (non-hydrogen) atoms. The monoisotopic (exact) mass is 180 g/mol. The molecule has 0 aromatic carbocycles. The Balaban J connectivity index is 3.19. The van der Waals surface area contributed by atoms with Crippen LogP contribution >= 0.6 is 0 Å². The van der Waals surface area contributed by atoms with Crippen molar-refractivity contribution in [3.05, 3.63) is 17.8 Å². The second-order valence-electron chi connectivity index (χ2n) is 2.89. The maximum atomic E-state index is 10.9. The summed E-state index contributed by atoms with van der Waals surface area (Å²) < 4.78 is 0. The Bertz CT molecular complexity index is 335. The average molecular weight is 180 g/mol. The molecular formula is C8H12N4O. The van der Waals surface area contributed by atoms with E-state index < -0.39 is 5.91 Å². The molecule has 5 heteroatoms. The summed E-state index contributed by atoms with van der Waals surface area (Å²) in [7, 11) is 3.65. The topological polar surface area (TPSA) is 85.2 Å². The van der Waals surface area contributed by atoms with E-state index in [0.29, 0.717) is 17.1 Å². The molecule has 0 saturated carbocycles. The molecule has 0 aliphatic carbocycles. The second-order valence-corrected chi connectivity index (χ2v) is 2.89.